The number of pyridine rings is 1. The lowest BCUT2D eigenvalue weighted by molar-refractivity contribution is 0.676. The molecule has 5 heteroatoms. The van der Waals surface area contributed by atoms with Crippen LogP contribution in [0.4, 0.5) is 0 Å². The van der Waals surface area contributed by atoms with E-state index in [9.17, 15) is 0 Å². The van der Waals surface area contributed by atoms with Gasteiger partial charge in [-0.25, -0.2) is 4.98 Å². The highest BCUT2D eigenvalue weighted by molar-refractivity contribution is 9.10. The second-order valence-electron chi connectivity index (χ2n) is 3.58. The second-order valence-corrected chi connectivity index (χ2v) is 4.39. The van der Waals surface area contributed by atoms with Crippen molar-refractivity contribution in [1.82, 2.24) is 20.5 Å². The maximum Gasteiger partial charge on any atom is 0.106 e. The van der Waals surface area contributed by atoms with Crippen LogP contribution in [0.2, 0.25) is 0 Å². The van der Waals surface area contributed by atoms with E-state index in [2.05, 4.69) is 36.4 Å². The summed E-state index contributed by atoms with van der Waals surface area (Å²) < 4.78 is 0.867. The Bertz CT molecular complexity index is 467. The van der Waals surface area contributed by atoms with Crippen LogP contribution in [0.3, 0.4) is 0 Å². The van der Waals surface area contributed by atoms with E-state index in [0.29, 0.717) is 0 Å². The Morgan fingerprint density at radius 3 is 2.94 bits per heavy atom. The van der Waals surface area contributed by atoms with E-state index >= 15 is 0 Å². The van der Waals surface area contributed by atoms with Crippen LogP contribution in [0.5, 0.6) is 0 Å². The average molecular weight is 281 g/mol. The highest BCUT2D eigenvalue weighted by Gasteiger charge is 2.00. The molecule has 2 heterocycles. The predicted octanol–water partition coefficient (Wildman–Crippen LogP) is 2.17. The molecule has 0 spiro atoms. The molecule has 2 rings (SSSR count). The van der Waals surface area contributed by atoms with Gasteiger partial charge >= 0.3 is 0 Å². The zero-order valence-corrected chi connectivity index (χ0v) is 10.6. The number of aromatic amines is 1. The number of aromatic nitrogens is 3. The number of rotatable bonds is 4. The molecule has 0 radical (unpaired) electrons. The minimum absolute atomic E-state index is 0.754. The molecule has 2 aromatic rings. The van der Waals surface area contributed by atoms with Crippen LogP contribution >= 0.6 is 15.9 Å². The van der Waals surface area contributed by atoms with E-state index < -0.39 is 0 Å². The van der Waals surface area contributed by atoms with E-state index in [-0.39, 0.29) is 0 Å². The second kappa shape index (κ2) is 5.23. The summed E-state index contributed by atoms with van der Waals surface area (Å²) in [4.78, 5) is 4.35. The van der Waals surface area contributed by atoms with Gasteiger partial charge in [0.15, 0.2) is 0 Å². The highest BCUT2D eigenvalue weighted by Crippen LogP contribution is 2.06. The fraction of sp³-hybridized carbons (Fsp3) is 0.273. The Morgan fingerprint density at radius 2 is 2.25 bits per heavy atom. The Kier molecular flexibility index (Phi) is 3.69. The fourth-order valence-electron chi connectivity index (χ4n) is 1.43. The molecule has 0 fully saturated rings. The van der Waals surface area contributed by atoms with Gasteiger partial charge in [0, 0.05) is 24.3 Å². The maximum absolute atomic E-state index is 4.35. The van der Waals surface area contributed by atoms with E-state index in [0.717, 1.165) is 29.1 Å². The topological polar surface area (TPSA) is 53.6 Å². The van der Waals surface area contributed by atoms with Crippen LogP contribution in [0, 0.1) is 6.92 Å². The summed E-state index contributed by atoms with van der Waals surface area (Å²) in [5.41, 5.74) is 3.32. The Balaban J connectivity index is 1.87. The van der Waals surface area contributed by atoms with Crippen molar-refractivity contribution in [3.05, 3.63) is 46.0 Å². The number of nitrogens with zero attached hydrogens (tertiary/aromatic N) is 2. The van der Waals surface area contributed by atoms with Crippen molar-refractivity contribution in [1.29, 1.82) is 0 Å². The van der Waals surface area contributed by atoms with Gasteiger partial charge in [0.1, 0.15) is 4.60 Å². The molecule has 0 atom stereocenters. The molecule has 0 aliphatic carbocycles. The predicted molar refractivity (Wildman–Crippen MR) is 65.8 cm³/mol. The van der Waals surface area contributed by atoms with Gasteiger partial charge in [0.2, 0.25) is 0 Å². The first-order valence-corrected chi connectivity index (χ1v) is 5.86. The first kappa shape index (κ1) is 11.3. The molecule has 2 aromatic heterocycles. The molecule has 0 aliphatic heterocycles. The summed E-state index contributed by atoms with van der Waals surface area (Å²) in [6.45, 7) is 3.57. The largest absolute Gasteiger partial charge is 0.307 e. The van der Waals surface area contributed by atoms with Gasteiger partial charge in [-0.1, -0.05) is 6.07 Å². The van der Waals surface area contributed by atoms with Crippen molar-refractivity contribution in [3.8, 4) is 0 Å². The number of nitrogens with one attached hydrogen (secondary N) is 2. The molecule has 0 bridgehead atoms. The molecular weight excluding hydrogens is 268 g/mol. The summed E-state index contributed by atoms with van der Waals surface area (Å²) in [6.07, 6.45) is 1.84. The van der Waals surface area contributed by atoms with Gasteiger partial charge in [-0.15, -0.1) is 0 Å². The van der Waals surface area contributed by atoms with Gasteiger partial charge in [-0.2, -0.15) is 5.10 Å². The molecule has 4 nitrogen and oxygen atoms in total. The first-order valence-electron chi connectivity index (χ1n) is 5.06. The molecule has 0 saturated carbocycles. The monoisotopic (exact) mass is 280 g/mol. The van der Waals surface area contributed by atoms with Crippen molar-refractivity contribution < 1.29 is 0 Å². The third kappa shape index (κ3) is 2.90. The molecule has 2 N–H and O–H groups in total. The van der Waals surface area contributed by atoms with E-state index in [1.807, 2.05) is 31.3 Å². The molecule has 84 valence electrons. The smallest absolute Gasteiger partial charge is 0.106 e. The van der Waals surface area contributed by atoms with Crippen LogP contribution in [0.1, 0.15) is 17.0 Å². The minimum atomic E-state index is 0.754. The summed E-state index contributed by atoms with van der Waals surface area (Å²) in [5.74, 6) is 0. The number of H-pyrrole nitrogens is 1. The van der Waals surface area contributed by atoms with Crippen LogP contribution in [0.25, 0.3) is 0 Å². The van der Waals surface area contributed by atoms with Gasteiger partial charge in [-0.05, 0) is 35.0 Å². The molecule has 0 amide bonds. The van der Waals surface area contributed by atoms with Crippen molar-refractivity contribution >= 4 is 15.9 Å². The van der Waals surface area contributed by atoms with Crippen molar-refractivity contribution in [3.63, 3.8) is 0 Å². The number of halogens is 1. The zero-order valence-electron chi connectivity index (χ0n) is 9.00. The standard InChI is InChI=1S/C11H13BrN4/c1-8-9(6-14-16-8)5-13-7-10-3-2-4-11(12)15-10/h2-4,6,13H,5,7H2,1H3,(H,14,16). The molecule has 0 unspecified atom stereocenters. The van der Waals surface area contributed by atoms with Crippen molar-refractivity contribution in [2.45, 2.75) is 20.0 Å². The zero-order chi connectivity index (χ0) is 11.4. The summed E-state index contributed by atoms with van der Waals surface area (Å²) in [7, 11) is 0. The van der Waals surface area contributed by atoms with E-state index in [1.54, 1.807) is 0 Å². The quantitative estimate of drug-likeness (QED) is 0.844. The van der Waals surface area contributed by atoms with Crippen molar-refractivity contribution in [2.24, 2.45) is 0 Å². The van der Waals surface area contributed by atoms with Gasteiger partial charge in [0.05, 0.1) is 11.9 Å². The number of aryl methyl sites for hydroxylation is 1. The lowest BCUT2D eigenvalue weighted by atomic mass is 10.2. The van der Waals surface area contributed by atoms with Crippen LogP contribution in [-0.2, 0) is 13.1 Å². The van der Waals surface area contributed by atoms with Crippen LogP contribution in [0.15, 0.2) is 29.0 Å². The van der Waals surface area contributed by atoms with Gasteiger partial charge < -0.3 is 5.32 Å². The first-order chi connectivity index (χ1) is 7.75. The summed E-state index contributed by atoms with van der Waals surface area (Å²) in [6, 6.07) is 5.90. The van der Waals surface area contributed by atoms with E-state index in [4.69, 9.17) is 0 Å². The lowest BCUT2D eigenvalue weighted by Crippen LogP contribution is -2.13. The van der Waals surface area contributed by atoms with Gasteiger partial charge in [-0.3, -0.25) is 5.10 Å². The Hall–Kier alpha value is -1.20. The number of hydrogen-bond donors (Lipinski definition) is 2. The SMILES string of the molecule is Cc1[nH]ncc1CNCc1cccc(Br)n1. The lowest BCUT2D eigenvalue weighted by Gasteiger charge is -2.03. The maximum atomic E-state index is 4.35. The highest BCUT2D eigenvalue weighted by atomic mass is 79.9. The van der Waals surface area contributed by atoms with E-state index in [1.165, 1.54) is 5.56 Å². The van der Waals surface area contributed by atoms with Gasteiger partial charge in [0.25, 0.3) is 0 Å². The summed E-state index contributed by atoms with van der Waals surface area (Å²) >= 11 is 3.35. The normalized spacial score (nSPS) is 10.6. The molecule has 0 aliphatic rings. The number of hydrogen-bond acceptors (Lipinski definition) is 3. The van der Waals surface area contributed by atoms with Crippen LogP contribution < -0.4 is 5.32 Å². The molecular formula is C11H13BrN4. The average Bonchev–Trinajstić information content (AvgIpc) is 2.65. The van der Waals surface area contributed by atoms with Crippen molar-refractivity contribution in [2.75, 3.05) is 0 Å². The molecule has 0 saturated heterocycles. The summed E-state index contributed by atoms with van der Waals surface area (Å²) in [5, 5.41) is 10.2. The third-order valence-electron chi connectivity index (χ3n) is 2.33. The Morgan fingerprint density at radius 1 is 1.38 bits per heavy atom. The molecule has 0 aromatic carbocycles. The fourth-order valence-corrected chi connectivity index (χ4v) is 1.81. The third-order valence-corrected chi connectivity index (χ3v) is 2.77. The minimum Gasteiger partial charge on any atom is -0.307 e. The Labute approximate surface area is 103 Å². The molecule has 16 heavy (non-hydrogen) atoms. The van der Waals surface area contributed by atoms with Crippen LogP contribution in [-0.4, -0.2) is 15.2 Å².